The summed E-state index contributed by atoms with van der Waals surface area (Å²) in [6.07, 6.45) is 12.2. The molecule has 0 spiro atoms. The molecule has 0 unspecified atom stereocenters. The van der Waals surface area contributed by atoms with Crippen LogP contribution in [-0.2, 0) is 9.53 Å². The summed E-state index contributed by atoms with van der Waals surface area (Å²) in [5.74, 6) is 0.996. The molecule has 0 radical (unpaired) electrons. The summed E-state index contributed by atoms with van der Waals surface area (Å²) in [5, 5.41) is 0. The molecular weight excluding hydrogens is 176 g/mol. The minimum absolute atomic E-state index is 0.543. The van der Waals surface area contributed by atoms with E-state index in [0.717, 1.165) is 12.3 Å². The van der Waals surface area contributed by atoms with Gasteiger partial charge in [-0.25, -0.2) is 0 Å². The second-order valence-corrected chi connectivity index (χ2v) is 4.32. The monoisotopic (exact) mass is 198 g/mol. The van der Waals surface area contributed by atoms with Crippen molar-refractivity contribution in [3.05, 3.63) is 0 Å². The molecule has 2 heteroatoms. The van der Waals surface area contributed by atoms with Gasteiger partial charge in [-0.15, -0.1) is 0 Å². The van der Waals surface area contributed by atoms with Gasteiger partial charge in [0.25, 0.3) is 6.47 Å². The lowest BCUT2D eigenvalue weighted by Crippen LogP contribution is -2.05. The Labute approximate surface area is 87.0 Å². The van der Waals surface area contributed by atoms with Crippen LogP contribution >= 0.6 is 0 Å². The Morgan fingerprint density at radius 1 is 1.07 bits per heavy atom. The number of ether oxygens (including phenoxy) is 1. The fraction of sp³-hybridized carbons (Fsp3) is 0.917. The Bertz CT molecular complexity index is 139. The molecule has 0 atom stereocenters. The van der Waals surface area contributed by atoms with Gasteiger partial charge in [-0.05, 0) is 12.3 Å². The Morgan fingerprint density at radius 2 is 1.86 bits per heavy atom. The molecule has 1 rings (SSSR count). The zero-order valence-electron chi connectivity index (χ0n) is 9.04. The molecule has 0 aromatic heterocycles. The fourth-order valence-electron chi connectivity index (χ4n) is 2.32. The van der Waals surface area contributed by atoms with Gasteiger partial charge < -0.3 is 4.74 Å². The highest BCUT2D eigenvalue weighted by molar-refractivity contribution is 5.36. The van der Waals surface area contributed by atoms with E-state index in [9.17, 15) is 4.79 Å². The lowest BCUT2D eigenvalue weighted by atomic mass is 9.86. The first-order valence-corrected chi connectivity index (χ1v) is 5.98. The molecule has 1 aliphatic carbocycles. The molecular formula is C12H22O2. The molecule has 1 aliphatic rings. The van der Waals surface area contributed by atoms with E-state index in [1.807, 2.05) is 0 Å². The molecule has 0 amide bonds. The minimum Gasteiger partial charge on any atom is -0.468 e. The van der Waals surface area contributed by atoms with E-state index in [1.165, 1.54) is 51.4 Å². The van der Waals surface area contributed by atoms with Crippen molar-refractivity contribution < 1.29 is 9.53 Å². The summed E-state index contributed by atoms with van der Waals surface area (Å²) in [5.41, 5.74) is 0. The Hall–Kier alpha value is -0.530. The van der Waals surface area contributed by atoms with Gasteiger partial charge in [-0.3, -0.25) is 4.79 Å². The minimum atomic E-state index is 0.543. The molecule has 0 aromatic carbocycles. The first-order valence-electron chi connectivity index (χ1n) is 5.98. The first kappa shape index (κ1) is 11.5. The normalized spacial score (nSPS) is 18.0. The van der Waals surface area contributed by atoms with Crippen LogP contribution in [0.4, 0.5) is 0 Å². The van der Waals surface area contributed by atoms with Crippen molar-refractivity contribution in [1.82, 2.24) is 0 Å². The predicted molar refractivity (Wildman–Crippen MR) is 57.1 cm³/mol. The van der Waals surface area contributed by atoms with Crippen molar-refractivity contribution in [2.75, 3.05) is 6.61 Å². The first-order chi connectivity index (χ1) is 6.93. The SMILES string of the molecule is O=COCCCCCC1CCCCC1. The number of carbonyl (C=O) groups excluding carboxylic acids is 1. The zero-order chi connectivity index (χ0) is 10.1. The van der Waals surface area contributed by atoms with E-state index >= 15 is 0 Å². The maximum atomic E-state index is 9.86. The van der Waals surface area contributed by atoms with E-state index in [1.54, 1.807) is 0 Å². The summed E-state index contributed by atoms with van der Waals surface area (Å²) < 4.78 is 4.64. The van der Waals surface area contributed by atoms with E-state index in [4.69, 9.17) is 0 Å². The second kappa shape index (κ2) is 7.84. The number of carbonyl (C=O) groups is 1. The Balaban J connectivity index is 1.85. The van der Waals surface area contributed by atoms with Gasteiger partial charge >= 0.3 is 0 Å². The smallest absolute Gasteiger partial charge is 0.293 e. The molecule has 0 bridgehead atoms. The number of hydrogen-bond donors (Lipinski definition) is 0. The van der Waals surface area contributed by atoms with Crippen LogP contribution in [0.15, 0.2) is 0 Å². The standard InChI is InChI=1S/C12H22O2/c13-11-14-10-6-2-5-9-12-7-3-1-4-8-12/h11-12H,1-10H2. The summed E-state index contributed by atoms with van der Waals surface area (Å²) in [4.78, 5) is 9.86. The van der Waals surface area contributed by atoms with Crippen LogP contribution in [0.3, 0.4) is 0 Å². The summed E-state index contributed by atoms with van der Waals surface area (Å²) >= 11 is 0. The lowest BCUT2D eigenvalue weighted by molar-refractivity contribution is -0.128. The quantitative estimate of drug-likeness (QED) is 0.463. The predicted octanol–water partition coefficient (Wildman–Crippen LogP) is 3.30. The van der Waals surface area contributed by atoms with Gasteiger partial charge in [0.1, 0.15) is 0 Å². The second-order valence-electron chi connectivity index (χ2n) is 4.32. The molecule has 14 heavy (non-hydrogen) atoms. The van der Waals surface area contributed by atoms with Crippen LogP contribution in [0, 0.1) is 5.92 Å². The molecule has 0 heterocycles. The number of unbranched alkanes of at least 4 members (excludes halogenated alkanes) is 2. The molecule has 82 valence electrons. The zero-order valence-corrected chi connectivity index (χ0v) is 9.04. The topological polar surface area (TPSA) is 26.3 Å². The van der Waals surface area contributed by atoms with Gasteiger partial charge in [0, 0.05) is 0 Å². The van der Waals surface area contributed by atoms with Crippen LogP contribution < -0.4 is 0 Å². The van der Waals surface area contributed by atoms with Crippen molar-refractivity contribution >= 4 is 6.47 Å². The summed E-state index contributed by atoms with van der Waals surface area (Å²) in [6.45, 7) is 1.15. The molecule has 1 saturated carbocycles. The van der Waals surface area contributed by atoms with Crippen LogP contribution in [-0.4, -0.2) is 13.1 Å². The summed E-state index contributed by atoms with van der Waals surface area (Å²) in [7, 11) is 0. The van der Waals surface area contributed by atoms with Gasteiger partial charge in [-0.1, -0.05) is 51.4 Å². The van der Waals surface area contributed by atoms with Crippen molar-refractivity contribution in [2.45, 2.75) is 57.8 Å². The highest BCUT2D eigenvalue weighted by atomic mass is 16.5. The van der Waals surface area contributed by atoms with Crippen LogP contribution in [0.25, 0.3) is 0 Å². The summed E-state index contributed by atoms with van der Waals surface area (Å²) in [6, 6.07) is 0. The fourth-order valence-corrected chi connectivity index (χ4v) is 2.32. The third-order valence-electron chi connectivity index (χ3n) is 3.17. The molecule has 0 N–H and O–H groups in total. The maximum absolute atomic E-state index is 9.86. The van der Waals surface area contributed by atoms with Gasteiger partial charge in [-0.2, -0.15) is 0 Å². The average molecular weight is 198 g/mol. The molecule has 0 aliphatic heterocycles. The third-order valence-corrected chi connectivity index (χ3v) is 3.17. The van der Waals surface area contributed by atoms with Crippen molar-refractivity contribution in [2.24, 2.45) is 5.92 Å². The number of rotatable bonds is 7. The van der Waals surface area contributed by atoms with Crippen LogP contribution in [0.2, 0.25) is 0 Å². The van der Waals surface area contributed by atoms with Gasteiger partial charge in [0.2, 0.25) is 0 Å². The number of hydrogen-bond acceptors (Lipinski definition) is 2. The van der Waals surface area contributed by atoms with Crippen molar-refractivity contribution in [1.29, 1.82) is 0 Å². The van der Waals surface area contributed by atoms with Crippen LogP contribution in [0.1, 0.15) is 57.8 Å². The lowest BCUT2D eigenvalue weighted by Gasteiger charge is -2.21. The van der Waals surface area contributed by atoms with Crippen molar-refractivity contribution in [3.63, 3.8) is 0 Å². The van der Waals surface area contributed by atoms with E-state index in [-0.39, 0.29) is 0 Å². The molecule has 1 fully saturated rings. The van der Waals surface area contributed by atoms with E-state index < -0.39 is 0 Å². The molecule has 2 nitrogen and oxygen atoms in total. The molecule has 0 aromatic rings. The highest BCUT2D eigenvalue weighted by Gasteiger charge is 2.12. The largest absolute Gasteiger partial charge is 0.468 e. The Kier molecular flexibility index (Phi) is 6.46. The van der Waals surface area contributed by atoms with E-state index in [0.29, 0.717) is 13.1 Å². The van der Waals surface area contributed by atoms with Crippen molar-refractivity contribution in [3.8, 4) is 0 Å². The van der Waals surface area contributed by atoms with Crippen LogP contribution in [0.5, 0.6) is 0 Å². The van der Waals surface area contributed by atoms with Gasteiger partial charge in [0.05, 0.1) is 6.61 Å². The maximum Gasteiger partial charge on any atom is 0.293 e. The third kappa shape index (κ3) is 5.25. The van der Waals surface area contributed by atoms with E-state index in [2.05, 4.69) is 4.74 Å². The molecule has 0 saturated heterocycles. The highest BCUT2D eigenvalue weighted by Crippen LogP contribution is 2.27. The van der Waals surface area contributed by atoms with Gasteiger partial charge in [0.15, 0.2) is 0 Å². The average Bonchev–Trinajstić information content (AvgIpc) is 2.25. The Morgan fingerprint density at radius 3 is 2.57 bits per heavy atom.